The predicted molar refractivity (Wildman–Crippen MR) is 221 cm³/mol. The summed E-state index contributed by atoms with van der Waals surface area (Å²) in [5, 5.41) is 45.7. The molecule has 0 amide bonds. The van der Waals surface area contributed by atoms with Gasteiger partial charge in [0, 0.05) is 12.3 Å². The van der Waals surface area contributed by atoms with E-state index in [1.54, 1.807) is 0 Å². The smallest absolute Gasteiger partial charge is 0.172 e. The molecule has 0 heterocycles. The van der Waals surface area contributed by atoms with Gasteiger partial charge in [-0.25, -0.2) is 0 Å². The molecule has 0 aromatic rings. The Hall–Kier alpha value is -0.750. The van der Waals surface area contributed by atoms with Crippen molar-refractivity contribution in [3.63, 3.8) is 0 Å². The Morgan fingerprint density at radius 2 is 1.40 bits per heavy atom. The molecular formula is C48H86O5. The van der Waals surface area contributed by atoms with Gasteiger partial charge in [-0.15, -0.1) is 0 Å². The van der Waals surface area contributed by atoms with Gasteiger partial charge in [-0.05, 0) is 97.7 Å². The molecule has 0 saturated heterocycles. The molecule has 3 saturated carbocycles. The number of ketones is 1. The monoisotopic (exact) mass is 743 g/mol. The number of hydrogen-bond acceptors (Lipinski definition) is 5. The first-order valence-corrected chi connectivity index (χ1v) is 23.3. The Morgan fingerprint density at radius 1 is 0.811 bits per heavy atom. The fourth-order valence-corrected chi connectivity index (χ4v) is 12.8. The van der Waals surface area contributed by atoms with Crippen LogP contribution in [0.1, 0.15) is 208 Å². The lowest BCUT2D eigenvalue weighted by molar-refractivity contribution is -0.183. The lowest BCUT2D eigenvalue weighted by atomic mass is 9.43. The van der Waals surface area contributed by atoms with Gasteiger partial charge < -0.3 is 20.4 Å². The lowest BCUT2D eigenvalue weighted by Crippen LogP contribution is -2.63. The van der Waals surface area contributed by atoms with Crippen LogP contribution in [-0.4, -0.2) is 50.6 Å². The highest BCUT2D eigenvalue weighted by molar-refractivity contribution is 5.88. The average Bonchev–Trinajstić information content (AvgIpc) is 3.49. The summed E-state index contributed by atoms with van der Waals surface area (Å²) < 4.78 is 0. The van der Waals surface area contributed by atoms with Crippen molar-refractivity contribution in [1.29, 1.82) is 0 Å². The number of aliphatic hydroxyl groups excluding tert-OH is 3. The molecular weight excluding hydrogens is 657 g/mol. The van der Waals surface area contributed by atoms with Crippen molar-refractivity contribution in [3.8, 4) is 0 Å². The van der Waals surface area contributed by atoms with E-state index in [9.17, 15) is 25.2 Å². The summed E-state index contributed by atoms with van der Waals surface area (Å²) in [6.45, 7) is 13.5. The molecule has 0 aliphatic heterocycles. The first-order chi connectivity index (χ1) is 25.3. The van der Waals surface area contributed by atoms with E-state index >= 15 is 0 Å². The number of rotatable bonds is 25. The Kier molecular flexibility index (Phi) is 17.9. The Bertz CT molecular complexity index is 1120. The fraction of sp³-hybridized carbons (Fsp3) is 0.938. The zero-order valence-electron chi connectivity index (χ0n) is 35.6. The molecule has 0 bridgehead atoms. The van der Waals surface area contributed by atoms with Gasteiger partial charge in [-0.1, -0.05) is 162 Å². The van der Waals surface area contributed by atoms with Crippen LogP contribution in [0, 0.1) is 52.3 Å². The maximum absolute atomic E-state index is 13.7. The molecule has 4 rings (SSSR count). The van der Waals surface area contributed by atoms with Gasteiger partial charge in [-0.2, -0.15) is 0 Å². The number of carbonyl (C=O) groups is 1. The molecule has 0 aromatic heterocycles. The third-order valence-corrected chi connectivity index (χ3v) is 16.1. The highest BCUT2D eigenvalue weighted by atomic mass is 16.4. The molecule has 3 unspecified atom stereocenters. The molecule has 308 valence electrons. The van der Waals surface area contributed by atoms with Crippen molar-refractivity contribution < 1.29 is 25.2 Å². The Balaban J connectivity index is 1.30. The highest BCUT2D eigenvalue weighted by Gasteiger charge is 2.63. The second kappa shape index (κ2) is 21.1. The number of Topliss-reactive ketones (excluding diaryl/α,β-unsaturated/α-hetero) is 1. The Labute approximate surface area is 327 Å². The molecule has 3 fully saturated rings. The standard InChI is InChI=1S/C48H86O5/c1-7-8-9-10-11-12-13-14-15-16-17-18-19-20-21-25-44(51)48(53,34-49)45(52)43-33-38(50)32-37-26-27-39-41-29-28-40(36(4)24-22-23-35(2)3)46(41,5)31-30-42(39)47(37,43)6/h26,35-36,38-43,45,49-50,52-53H,7-25,27-34H2,1-6H3/t36-,38-,39+,40-,41+,42+,43?,45?,46-,47-,48?/m1/s1. The first kappa shape index (κ1) is 45.0. The molecule has 5 heteroatoms. The first-order valence-electron chi connectivity index (χ1n) is 23.3. The molecule has 4 aliphatic rings. The van der Waals surface area contributed by atoms with Crippen LogP contribution in [0.4, 0.5) is 0 Å². The lowest BCUT2D eigenvalue weighted by Gasteiger charge is -2.61. The summed E-state index contributed by atoms with van der Waals surface area (Å²) in [6, 6.07) is 0. The summed E-state index contributed by atoms with van der Waals surface area (Å²) in [4.78, 5) is 13.7. The molecule has 0 aromatic carbocycles. The number of hydrogen-bond donors (Lipinski definition) is 4. The van der Waals surface area contributed by atoms with Crippen molar-refractivity contribution in [3.05, 3.63) is 11.6 Å². The summed E-state index contributed by atoms with van der Waals surface area (Å²) in [6.07, 6.45) is 30.0. The van der Waals surface area contributed by atoms with Crippen LogP contribution >= 0.6 is 0 Å². The summed E-state index contributed by atoms with van der Waals surface area (Å²) >= 11 is 0. The van der Waals surface area contributed by atoms with E-state index in [1.165, 1.54) is 121 Å². The summed E-state index contributed by atoms with van der Waals surface area (Å²) in [5.41, 5.74) is -1.08. The van der Waals surface area contributed by atoms with Crippen molar-refractivity contribution in [2.45, 2.75) is 226 Å². The molecule has 0 spiro atoms. The van der Waals surface area contributed by atoms with Crippen molar-refractivity contribution in [2.24, 2.45) is 52.3 Å². The van der Waals surface area contributed by atoms with E-state index in [4.69, 9.17) is 0 Å². The molecule has 4 N–H and O–H groups in total. The van der Waals surface area contributed by atoms with Crippen LogP contribution in [0.15, 0.2) is 11.6 Å². The number of unbranched alkanes of at least 4 members (excludes halogenated alkanes) is 14. The molecule has 5 nitrogen and oxygen atoms in total. The molecule has 0 radical (unpaired) electrons. The Morgan fingerprint density at radius 3 is 1.96 bits per heavy atom. The molecule has 4 aliphatic carbocycles. The van der Waals surface area contributed by atoms with Gasteiger partial charge in [-0.3, -0.25) is 4.79 Å². The van der Waals surface area contributed by atoms with Crippen molar-refractivity contribution in [1.82, 2.24) is 0 Å². The zero-order chi connectivity index (χ0) is 38.6. The highest BCUT2D eigenvalue weighted by Crippen LogP contribution is 2.68. The largest absolute Gasteiger partial charge is 0.393 e. The number of aliphatic hydroxyl groups is 4. The van der Waals surface area contributed by atoms with E-state index in [-0.39, 0.29) is 6.42 Å². The van der Waals surface area contributed by atoms with Crippen LogP contribution in [0.2, 0.25) is 0 Å². The van der Waals surface area contributed by atoms with Gasteiger partial charge in [0.15, 0.2) is 11.4 Å². The maximum Gasteiger partial charge on any atom is 0.172 e. The van der Waals surface area contributed by atoms with Gasteiger partial charge >= 0.3 is 0 Å². The van der Waals surface area contributed by atoms with Crippen molar-refractivity contribution in [2.75, 3.05) is 6.61 Å². The second-order valence-electron chi connectivity index (χ2n) is 20.0. The second-order valence-corrected chi connectivity index (χ2v) is 20.0. The van der Waals surface area contributed by atoms with E-state index in [0.29, 0.717) is 42.4 Å². The minimum Gasteiger partial charge on any atom is -0.393 e. The molecule has 53 heavy (non-hydrogen) atoms. The fourth-order valence-electron chi connectivity index (χ4n) is 12.8. The van der Waals surface area contributed by atoms with Crippen LogP contribution in [0.5, 0.6) is 0 Å². The van der Waals surface area contributed by atoms with Gasteiger partial charge in [0.05, 0.1) is 18.8 Å². The number of carbonyl (C=O) groups excluding carboxylic acids is 1. The van der Waals surface area contributed by atoms with Crippen LogP contribution in [0.3, 0.4) is 0 Å². The maximum atomic E-state index is 13.7. The number of fused-ring (bicyclic) bond motifs is 5. The van der Waals surface area contributed by atoms with E-state index in [2.05, 4.69) is 47.6 Å². The third-order valence-electron chi connectivity index (χ3n) is 16.1. The predicted octanol–water partition coefficient (Wildman–Crippen LogP) is 11.5. The number of allylic oxidation sites excluding steroid dienone is 1. The van der Waals surface area contributed by atoms with Gasteiger partial charge in [0.2, 0.25) is 0 Å². The normalized spacial score (nSPS) is 33.5. The zero-order valence-corrected chi connectivity index (χ0v) is 35.6. The van der Waals surface area contributed by atoms with Gasteiger partial charge in [0.1, 0.15) is 0 Å². The minimum absolute atomic E-state index is 0.171. The van der Waals surface area contributed by atoms with E-state index < -0.39 is 41.5 Å². The van der Waals surface area contributed by atoms with Crippen LogP contribution in [0.25, 0.3) is 0 Å². The van der Waals surface area contributed by atoms with Crippen LogP contribution in [-0.2, 0) is 4.79 Å². The van der Waals surface area contributed by atoms with E-state index in [0.717, 1.165) is 43.4 Å². The van der Waals surface area contributed by atoms with Gasteiger partial charge in [0.25, 0.3) is 0 Å². The third kappa shape index (κ3) is 10.8. The minimum atomic E-state index is -2.20. The van der Waals surface area contributed by atoms with Crippen LogP contribution < -0.4 is 0 Å². The molecule has 11 atom stereocenters. The quantitative estimate of drug-likeness (QED) is 0.0551. The topological polar surface area (TPSA) is 98.0 Å². The summed E-state index contributed by atoms with van der Waals surface area (Å²) in [7, 11) is 0. The summed E-state index contributed by atoms with van der Waals surface area (Å²) in [5.74, 6) is 2.83. The average molecular weight is 743 g/mol. The van der Waals surface area contributed by atoms with Crippen molar-refractivity contribution >= 4 is 5.78 Å². The SMILES string of the molecule is CCCCCCCCCCCCCCCCCC(=O)C(O)(CO)C(O)C1C[C@H](O)CC2=CC[C@H]3[C@@H]4CC[C@H]([C@H](C)CCCC(C)C)[C@@]4(C)CC[C@@H]3[C@@]21C. The van der Waals surface area contributed by atoms with E-state index in [1.807, 2.05) is 0 Å².